The molecule has 2 rings (SSSR count). The van der Waals surface area contributed by atoms with Crippen molar-refractivity contribution < 1.29 is 4.79 Å². The Bertz CT molecular complexity index is 523. The highest BCUT2D eigenvalue weighted by atomic mass is 16.2. The van der Waals surface area contributed by atoms with E-state index >= 15 is 0 Å². The minimum atomic E-state index is -0.380. The fourth-order valence-corrected chi connectivity index (χ4v) is 1.77. The third-order valence-electron chi connectivity index (χ3n) is 2.73. The average Bonchev–Trinajstić information content (AvgIpc) is 2.27. The monoisotopic (exact) mass is 231 g/mol. The maximum atomic E-state index is 11.8. The zero-order valence-electron chi connectivity index (χ0n) is 9.23. The van der Waals surface area contributed by atoms with Crippen molar-refractivity contribution in [2.24, 2.45) is 5.92 Å². The fourth-order valence-electron chi connectivity index (χ4n) is 1.77. The number of allylic oxidation sites excluding steroid dienone is 1. The molecular formula is C11H13N5O. The van der Waals surface area contributed by atoms with Crippen molar-refractivity contribution >= 4 is 23.5 Å². The molecule has 0 spiro atoms. The highest BCUT2D eigenvalue weighted by Gasteiger charge is 2.30. The predicted octanol–water partition coefficient (Wildman–Crippen LogP) is 0.494. The number of nitrogens with two attached hydrogens (primary N) is 2. The SMILES string of the molecule is C=CC(=C)C1Cc2c(N)nc(N)nc2NC1=O. The van der Waals surface area contributed by atoms with Gasteiger partial charge in [-0.3, -0.25) is 4.79 Å². The van der Waals surface area contributed by atoms with Gasteiger partial charge in [0.25, 0.3) is 0 Å². The average molecular weight is 231 g/mol. The van der Waals surface area contributed by atoms with Crippen LogP contribution < -0.4 is 16.8 Å². The molecule has 0 saturated heterocycles. The molecule has 1 aliphatic heterocycles. The molecule has 0 aromatic carbocycles. The second-order valence-corrected chi connectivity index (χ2v) is 3.82. The van der Waals surface area contributed by atoms with Gasteiger partial charge in [-0.05, 0) is 12.0 Å². The van der Waals surface area contributed by atoms with Crippen LogP contribution in [0.1, 0.15) is 5.56 Å². The number of nitrogens with zero attached hydrogens (tertiary/aromatic N) is 2. The number of rotatable bonds is 2. The van der Waals surface area contributed by atoms with Gasteiger partial charge >= 0.3 is 0 Å². The van der Waals surface area contributed by atoms with E-state index in [0.29, 0.717) is 23.4 Å². The van der Waals surface area contributed by atoms with Crippen LogP contribution >= 0.6 is 0 Å². The van der Waals surface area contributed by atoms with Crippen molar-refractivity contribution in [3.05, 3.63) is 30.4 Å². The lowest BCUT2D eigenvalue weighted by molar-refractivity contribution is -0.119. The third kappa shape index (κ3) is 1.84. The lowest BCUT2D eigenvalue weighted by Gasteiger charge is -2.24. The summed E-state index contributed by atoms with van der Waals surface area (Å²) in [6, 6.07) is 0. The molecule has 0 saturated carbocycles. The highest BCUT2D eigenvalue weighted by molar-refractivity contribution is 5.97. The fraction of sp³-hybridized carbons (Fsp3) is 0.182. The van der Waals surface area contributed by atoms with Gasteiger partial charge in [-0.2, -0.15) is 9.97 Å². The van der Waals surface area contributed by atoms with Crippen LogP contribution in [-0.2, 0) is 11.2 Å². The molecule has 1 aliphatic rings. The summed E-state index contributed by atoms with van der Waals surface area (Å²) < 4.78 is 0. The van der Waals surface area contributed by atoms with Crippen LogP contribution in [0.4, 0.5) is 17.6 Å². The Labute approximate surface area is 98.4 Å². The molecule has 0 radical (unpaired) electrons. The summed E-state index contributed by atoms with van der Waals surface area (Å²) in [4.78, 5) is 19.6. The topological polar surface area (TPSA) is 107 Å². The maximum absolute atomic E-state index is 11.8. The maximum Gasteiger partial charge on any atom is 0.233 e. The van der Waals surface area contributed by atoms with Gasteiger partial charge in [0, 0.05) is 5.56 Å². The molecule has 2 heterocycles. The molecule has 1 atom stereocenters. The minimum absolute atomic E-state index is 0.0440. The van der Waals surface area contributed by atoms with E-state index in [4.69, 9.17) is 11.5 Å². The van der Waals surface area contributed by atoms with Crippen LogP contribution in [0.25, 0.3) is 0 Å². The molecule has 1 aromatic rings. The Morgan fingerprint density at radius 1 is 1.47 bits per heavy atom. The molecule has 1 amide bonds. The zero-order valence-corrected chi connectivity index (χ0v) is 9.23. The van der Waals surface area contributed by atoms with Gasteiger partial charge in [0.15, 0.2) is 0 Å². The molecule has 0 bridgehead atoms. The third-order valence-corrected chi connectivity index (χ3v) is 2.73. The van der Waals surface area contributed by atoms with Crippen molar-refractivity contribution in [1.82, 2.24) is 9.97 Å². The summed E-state index contributed by atoms with van der Waals surface area (Å²) in [6.07, 6.45) is 1.97. The number of hydrogen-bond donors (Lipinski definition) is 3. The lowest BCUT2D eigenvalue weighted by atomic mass is 9.89. The molecule has 88 valence electrons. The van der Waals surface area contributed by atoms with E-state index in [9.17, 15) is 4.79 Å². The van der Waals surface area contributed by atoms with E-state index in [-0.39, 0.29) is 23.6 Å². The van der Waals surface area contributed by atoms with Gasteiger partial charge in [0.2, 0.25) is 11.9 Å². The molecule has 5 N–H and O–H groups in total. The first-order chi connectivity index (χ1) is 8.02. The summed E-state index contributed by atoms with van der Waals surface area (Å²) in [5.74, 6) is 0.152. The summed E-state index contributed by atoms with van der Waals surface area (Å²) in [7, 11) is 0. The number of fused-ring (bicyclic) bond motifs is 1. The van der Waals surface area contributed by atoms with E-state index in [2.05, 4.69) is 28.4 Å². The molecule has 1 aromatic heterocycles. The first-order valence-electron chi connectivity index (χ1n) is 5.07. The quantitative estimate of drug-likeness (QED) is 0.642. The van der Waals surface area contributed by atoms with Crippen molar-refractivity contribution in [2.45, 2.75) is 6.42 Å². The Hall–Kier alpha value is -2.37. The Balaban J connectivity index is 2.44. The van der Waals surface area contributed by atoms with E-state index in [1.54, 1.807) is 6.08 Å². The van der Waals surface area contributed by atoms with Crippen molar-refractivity contribution in [1.29, 1.82) is 0 Å². The summed E-state index contributed by atoms with van der Waals surface area (Å²) in [6.45, 7) is 7.38. The Kier molecular flexibility index (Phi) is 2.55. The van der Waals surface area contributed by atoms with Gasteiger partial charge in [0.05, 0.1) is 5.92 Å². The molecule has 0 fully saturated rings. The first-order valence-corrected chi connectivity index (χ1v) is 5.07. The van der Waals surface area contributed by atoms with E-state index in [0.717, 1.165) is 0 Å². The Morgan fingerprint density at radius 3 is 2.82 bits per heavy atom. The van der Waals surface area contributed by atoms with Crippen LogP contribution in [0.3, 0.4) is 0 Å². The van der Waals surface area contributed by atoms with Crippen LogP contribution in [0.2, 0.25) is 0 Å². The number of hydrogen-bond acceptors (Lipinski definition) is 5. The lowest BCUT2D eigenvalue weighted by Crippen LogP contribution is -2.32. The second-order valence-electron chi connectivity index (χ2n) is 3.82. The first kappa shape index (κ1) is 11.1. The number of aromatic nitrogens is 2. The summed E-state index contributed by atoms with van der Waals surface area (Å²) in [5.41, 5.74) is 12.5. The second kappa shape index (κ2) is 3.89. The van der Waals surface area contributed by atoms with Crippen LogP contribution in [-0.4, -0.2) is 15.9 Å². The van der Waals surface area contributed by atoms with Gasteiger partial charge in [-0.25, -0.2) is 0 Å². The summed E-state index contributed by atoms with van der Waals surface area (Å²) in [5, 5.41) is 2.65. The van der Waals surface area contributed by atoms with E-state index in [1.165, 1.54) is 0 Å². The number of nitrogens with one attached hydrogen (secondary N) is 1. The van der Waals surface area contributed by atoms with Crippen molar-refractivity contribution in [2.75, 3.05) is 16.8 Å². The van der Waals surface area contributed by atoms with Crippen LogP contribution in [0.15, 0.2) is 24.8 Å². The van der Waals surface area contributed by atoms with E-state index in [1.807, 2.05) is 0 Å². The van der Waals surface area contributed by atoms with Gasteiger partial charge < -0.3 is 16.8 Å². The van der Waals surface area contributed by atoms with Crippen LogP contribution in [0, 0.1) is 5.92 Å². The largest absolute Gasteiger partial charge is 0.383 e. The van der Waals surface area contributed by atoms with Gasteiger partial charge in [0.1, 0.15) is 11.6 Å². The smallest absolute Gasteiger partial charge is 0.233 e. The zero-order chi connectivity index (χ0) is 12.6. The molecule has 0 aliphatic carbocycles. The normalized spacial score (nSPS) is 18.1. The van der Waals surface area contributed by atoms with Crippen LogP contribution in [0.5, 0.6) is 0 Å². The molecule has 6 heteroatoms. The molecule has 1 unspecified atom stereocenters. The Morgan fingerprint density at radius 2 is 2.18 bits per heavy atom. The number of anilines is 3. The number of carbonyl (C=O) groups excluding carboxylic acids is 1. The number of nitrogen functional groups attached to an aromatic ring is 2. The molecular weight excluding hydrogens is 218 g/mol. The number of amides is 1. The highest BCUT2D eigenvalue weighted by Crippen LogP contribution is 2.31. The van der Waals surface area contributed by atoms with Gasteiger partial charge in [-0.1, -0.05) is 19.2 Å². The standard InChI is InChI=1S/C11H13N5O/c1-3-5(2)6-4-7-8(12)14-11(13)16-9(7)15-10(6)17/h3,6H,1-2,4H2,(H5,12,13,14,15,16,17). The molecule has 6 nitrogen and oxygen atoms in total. The van der Waals surface area contributed by atoms with Crippen molar-refractivity contribution in [3.63, 3.8) is 0 Å². The van der Waals surface area contributed by atoms with Crippen molar-refractivity contribution in [3.8, 4) is 0 Å². The summed E-state index contributed by atoms with van der Waals surface area (Å²) >= 11 is 0. The van der Waals surface area contributed by atoms with E-state index < -0.39 is 0 Å². The predicted molar refractivity (Wildman–Crippen MR) is 66.0 cm³/mol. The van der Waals surface area contributed by atoms with Gasteiger partial charge in [-0.15, -0.1) is 0 Å². The number of carbonyl (C=O) groups is 1. The molecule has 17 heavy (non-hydrogen) atoms. The minimum Gasteiger partial charge on any atom is -0.383 e.